The van der Waals surface area contributed by atoms with Crippen LogP contribution in [-0.2, 0) is 11.2 Å². The van der Waals surface area contributed by atoms with Crippen molar-refractivity contribution in [2.24, 2.45) is 4.99 Å². The highest BCUT2D eigenvalue weighted by molar-refractivity contribution is 9.10. The molecular formula is C16H12BrNO. The number of carbonyl (C=O) groups excluding carboxylic acids is 1. The first-order valence-corrected chi connectivity index (χ1v) is 6.94. The van der Waals surface area contributed by atoms with Gasteiger partial charge in [-0.1, -0.05) is 52.3 Å². The molecule has 0 atom stereocenters. The maximum absolute atomic E-state index is 11.8. The highest BCUT2D eigenvalue weighted by Gasteiger charge is 2.18. The lowest BCUT2D eigenvalue weighted by molar-refractivity contribution is -0.117. The molecule has 0 saturated heterocycles. The van der Waals surface area contributed by atoms with Crippen molar-refractivity contribution in [3.63, 3.8) is 0 Å². The van der Waals surface area contributed by atoms with Crippen LogP contribution in [0, 0.1) is 0 Å². The van der Waals surface area contributed by atoms with Crippen LogP contribution in [0.5, 0.6) is 0 Å². The Morgan fingerprint density at radius 1 is 1.05 bits per heavy atom. The van der Waals surface area contributed by atoms with Crippen molar-refractivity contribution in [1.82, 2.24) is 0 Å². The van der Waals surface area contributed by atoms with Crippen LogP contribution >= 0.6 is 15.9 Å². The normalized spacial score (nSPS) is 14.6. The molecule has 94 valence electrons. The predicted octanol–water partition coefficient (Wildman–Crippen LogP) is 3.41. The number of fused-ring (bicyclic) bond motifs is 1. The molecule has 2 aromatic rings. The largest absolute Gasteiger partial charge is 0.297 e. The monoisotopic (exact) mass is 313 g/mol. The molecule has 0 bridgehead atoms. The molecule has 0 radical (unpaired) electrons. The van der Waals surface area contributed by atoms with Crippen molar-refractivity contribution in [1.29, 1.82) is 0 Å². The topological polar surface area (TPSA) is 29.4 Å². The van der Waals surface area contributed by atoms with E-state index >= 15 is 0 Å². The van der Waals surface area contributed by atoms with Crippen molar-refractivity contribution in [2.45, 2.75) is 6.42 Å². The summed E-state index contributed by atoms with van der Waals surface area (Å²) < 4.78 is 1.00. The number of carbonyl (C=O) groups is 1. The molecular weight excluding hydrogens is 302 g/mol. The van der Waals surface area contributed by atoms with Crippen LogP contribution in [0.3, 0.4) is 0 Å². The van der Waals surface area contributed by atoms with Crippen molar-refractivity contribution >= 4 is 27.4 Å². The van der Waals surface area contributed by atoms with E-state index in [4.69, 9.17) is 0 Å². The lowest BCUT2D eigenvalue weighted by Crippen LogP contribution is -2.05. The zero-order chi connectivity index (χ0) is 13.2. The quantitative estimate of drug-likeness (QED) is 0.793. The van der Waals surface area contributed by atoms with E-state index in [2.05, 4.69) is 20.9 Å². The van der Waals surface area contributed by atoms with Crippen LogP contribution < -0.4 is 0 Å². The minimum Gasteiger partial charge on any atom is -0.297 e. The molecule has 0 spiro atoms. The first kappa shape index (κ1) is 12.3. The number of hydrogen-bond acceptors (Lipinski definition) is 2. The van der Waals surface area contributed by atoms with Gasteiger partial charge in [0.15, 0.2) is 5.78 Å². The molecule has 0 aliphatic carbocycles. The number of halogens is 1. The highest BCUT2D eigenvalue weighted by atomic mass is 79.9. The number of aliphatic imine (C=N–C) groups is 1. The van der Waals surface area contributed by atoms with Gasteiger partial charge in [-0.15, -0.1) is 0 Å². The van der Waals surface area contributed by atoms with Crippen LogP contribution in [-0.4, -0.2) is 18.0 Å². The fourth-order valence-electron chi connectivity index (χ4n) is 2.29. The van der Waals surface area contributed by atoms with Gasteiger partial charge >= 0.3 is 0 Å². The summed E-state index contributed by atoms with van der Waals surface area (Å²) in [6, 6.07) is 16.0. The van der Waals surface area contributed by atoms with E-state index in [-0.39, 0.29) is 12.3 Å². The summed E-state index contributed by atoms with van der Waals surface area (Å²) >= 11 is 3.49. The molecule has 2 nitrogen and oxygen atoms in total. The van der Waals surface area contributed by atoms with Gasteiger partial charge in [-0.05, 0) is 17.7 Å². The van der Waals surface area contributed by atoms with Crippen molar-refractivity contribution < 1.29 is 4.79 Å². The van der Waals surface area contributed by atoms with Gasteiger partial charge in [-0.3, -0.25) is 9.79 Å². The van der Waals surface area contributed by atoms with Gasteiger partial charge in [0.1, 0.15) is 0 Å². The Bertz CT molecular complexity index is 662. The summed E-state index contributed by atoms with van der Waals surface area (Å²) in [5.41, 5.74) is 4.05. The molecule has 1 heterocycles. The number of Topliss-reactive ketones (excluding diaryl/α,β-unsaturated/α-hetero) is 1. The molecule has 0 saturated carbocycles. The fourth-order valence-corrected chi connectivity index (χ4v) is 2.65. The molecule has 3 heteroatoms. The minimum absolute atomic E-state index is 0.162. The van der Waals surface area contributed by atoms with Crippen LogP contribution in [0.1, 0.15) is 16.7 Å². The van der Waals surface area contributed by atoms with E-state index < -0.39 is 0 Å². The molecule has 1 aliphatic rings. The average molecular weight is 314 g/mol. The van der Waals surface area contributed by atoms with E-state index in [1.807, 2.05) is 48.5 Å². The third-order valence-electron chi connectivity index (χ3n) is 3.18. The predicted molar refractivity (Wildman–Crippen MR) is 79.8 cm³/mol. The first-order chi connectivity index (χ1) is 9.24. The van der Waals surface area contributed by atoms with Gasteiger partial charge in [0.2, 0.25) is 0 Å². The molecule has 0 aromatic heterocycles. The summed E-state index contributed by atoms with van der Waals surface area (Å²) in [6.45, 7) is 0.260. The van der Waals surface area contributed by atoms with Crippen LogP contribution in [0.25, 0.3) is 0 Å². The lowest BCUT2D eigenvalue weighted by Gasteiger charge is -2.10. The molecule has 0 N–H and O–H groups in total. The molecule has 1 aliphatic heterocycles. The van der Waals surface area contributed by atoms with Gasteiger partial charge in [-0.25, -0.2) is 0 Å². The standard InChI is InChI=1S/C16H12BrNO/c17-13-7-6-12-8-14(19)10-18-16(15(12)9-13)11-4-2-1-3-5-11/h1-7,9H,8,10H2. The van der Waals surface area contributed by atoms with Gasteiger partial charge in [-0.2, -0.15) is 0 Å². The Labute approximate surface area is 120 Å². The first-order valence-electron chi connectivity index (χ1n) is 6.14. The Balaban J connectivity index is 2.20. The molecule has 2 aromatic carbocycles. The van der Waals surface area contributed by atoms with Gasteiger partial charge in [0.25, 0.3) is 0 Å². The van der Waals surface area contributed by atoms with E-state index in [1.165, 1.54) is 0 Å². The van der Waals surface area contributed by atoms with Crippen LogP contribution in [0.4, 0.5) is 0 Å². The maximum atomic E-state index is 11.8. The second kappa shape index (κ2) is 5.10. The van der Waals surface area contributed by atoms with E-state index in [9.17, 15) is 4.79 Å². The Kier molecular flexibility index (Phi) is 3.30. The molecule has 0 amide bonds. The summed E-state index contributed by atoms with van der Waals surface area (Å²) in [4.78, 5) is 16.3. The average Bonchev–Trinajstić information content (AvgIpc) is 2.58. The lowest BCUT2D eigenvalue weighted by atomic mass is 9.96. The van der Waals surface area contributed by atoms with Gasteiger partial charge in [0.05, 0.1) is 12.3 Å². The second-order valence-electron chi connectivity index (χ2n) is 4.55. The number of ketones is 1. The summed E-state index contributed by atoms with van der Waals surface area (Å²) in [6.07, 6.45) is 0.461. The van der Waals surface area contributed by atoms with Gasteiger partial charge in [0, 0.05) is 22.0 Å². The Morgan fingerprint density at radius 2 is 1.84 bits per heavy atom. The molecule has 3 rings (SSSR count). The van der Waals surface area contributed by atoms with E-state index in [0.29, 0.717) is 6.42 Å². The van der Waals surface area contributed by atoms with E-state index in [0.717, 1.165) is 26.9 Å². The van der Waals surface area contributed by atoms with Crippen molar-refractivity contribution in [2.75, 3.05) is 6.54 Å². The molecule has 0 fully saturated rings. The number of benzene rings is 2. The third-order valence-corrected chi connectivity index (χ3v) is 3.67. The summed E-state index contributed by atoms with van der Waals surface area (Å²) in [7, 11) is 0. The number of nitrogens with zero attached hydrogens (tertiary/aromatic N) is 1. The van der Waals surface area contributed by atoms with Gasteiger partial charge < -0.3 is 0 Å². The van der Waals surface area contributed by atoms with Crippen LogP contribution in [0.15, 0.2) is 58.0 Å². The fraction of sp³-hybridized carbons (Fsp3) is 0.125. The maximum Gasteiger partial charge on any atom is 0.158 e. The second-order valence-corrected chi connectivity index (χ2v) is 5.46. The number of rotatable bonds is 1. The SMILES string of the molecule is O=C1CN=C(c2ccccc2)c2cc(Br)ccc2C1. The van der Waals surface area contributed by atoms with Crippen molar-refractivity contribution in [3.8, 4) is 0 Å². The summed E-state index contributed by atoms with van der Waals surface area (Å²) in [5, 5.41) is 0. The minimum atomic E-state index is 0.162. The zero-order valence-corrected chi connectivity index (χ0v) is 11.9. The van der Waals surface area contributed by atoms with Crippen molar-refractivity contribution in [3.05, 3.63) is 69.7 Å². The molecule has 19 heavy (non-hydrogen) atoms. The zero-order valence-electron chi connectivity index (χ0n) is 10.3. The third kappa shape index (κ3) is 2.51. The van der Waals surface area contributed by atoms with Crippen LogP contribution in [0.2, 0.25) is 0 Å². The summed E-state index contributed by atoms with van der Waals surface area (Å²) in [5.74, 6) is 0.162. The number of hydrogen-bond donors (Lipinski definition) is 0. The Hall–Kier alpha value is -1.74. The smallest absolute Gasteiger partial charge is 0.158 e. The molecule has 0 unspecified atom stereocenters. The highest BCUT2D eigenvalue weighted by Crippen LogP contribution is 2.23. The Morgan fingerprint density at radius 3 is 2.63 bits per heavy atom. The van der Waals surface area contributed by atoms with E-state index in [1.54, 1.807) is 0 Å².